The number of methoxy groups -OCH3 is 1. The predicted molar refractivity (Wildman–Crippen MR) is 69.6 cm³/mol. The zero-order valence-electron chi connectivity index (χ0n) is 11.4. The molecule has 0 aromatic heterocycles. The van der Waals surface area contributed by atoms with E-state index in [9.17, 15) is 13.2 Å². The van der Waals surface area contributed by atoms with E-state index in [1.54, 1.807) is 7.11 Å². The minimum absolute atomic E-state index is 0.0567. The molecule has 20 heavy (non-hydrogen) atoms. The van der Waals surface area contributed by atoms with Gasteiger partial charge >= 0.3 is 0 Å². The fourth-order valence-corrected chi connectivity index (χ4v) is 2.63. The summed E-state index contributed by atoms with van der Waals surface area (Å²) >= 11 is 0. The van der Waals surface area contributed by atoms with Gasteiger partial charge in [0.1, 0.15) is 5.82 Å². The standard InChI is InChI=1S/C14H19F3N2O/c1-20-11-2-3-19(10(5-11)7-18)8-9-4-13(16)14(17)6-12(9)15/h4,6,10-11H,2-3,5,7-8,18H2,1H3. The van der Waals surface area contributed by atoms with Crippen molar-refractivity contribution in [1.29, 1.82) is 0 Å². The average Bonchev–Trinajstić information content (AvgIpc) is 2.45. The van der Waals surface area contributed by atoms with Gasteiger partial charge in [-0.05, 0) is 18.9 Å². The molecule has 1 aromatic rings. The first-order valence-corrected chi connectivity index (χ1v) is 6.65. The third kappa shape index (κ3) is 3.31. The maximum absolute atomic E-state index is 13.7. The Morgan fingerprint density at radius 1 is 1.25 bits per heavy atom. The van der Waals surface area contributed by atoms with E-state index in [0.717, 1.165) is 18.9 Å². The Morgan fingerprint density at radius 2 is 1.95 bits per heavy atom. The zero-order valence-corrected chi connectivity index (χ0v) is 11.4. The van der Waals surface area contributed by atoms with Crippen LogP contribution in [0.3, 0.4) is 0 Å². The summed E-state index contributed by atoms with van der Waals surface area (Å²) in [5, 5.41) is 0. The van der Waals surface area contributed by atoms with Crippen LogP contribution in [0.4, 0.5) is 13.2 Å². The summed E-state index contributed by atoms with van der Waals surface area (Å²) < 4.78 is 45.1. The summed E-state index contributed by atoms with van der Waals surface area (Å²) in [4.78, 5) is 1.99. The molecular formula is C14H19F3N2O. The topological polar surface area (TPSA) is 38.5 Å². The molecule has 1 aromatic carbocycles. The molecule has 1 heterocycles. The molecule has 0 amide bonds. The van der Waals surface area contributed by atoms with Crippen molar-refractivity contribution in [1.82, 2.24) is 4.90 Å². The summed E-state index contributed by atoms with van der Waals surface area (Å²) in [6.45, 7) is 1.34. The average molecular weight is 288 g/mol. The summed E-state index contributed by atoms with van der Waals surface area (Å²) in [7, 11) is 1.66. The van der Waals surface area contributed by atoms with Crippen LogP contribution in [0.25, 0.3) is 0 Å². The van der Waals surface area contributed by atoms with Crippen molar-refractivity contribution < 1.29 is 17.9 Å². The number of halogens is 3. The van der Waals surface area contributed by atoms with E-state index < -0.39 is 17.5 Å². The van der Waals surface area contributed by atoms with Crippen molar-refractivity contribution in [3.8, 4) is 0 Å². The number of rotatable bonds is 4. The van der Waals surface area contributed by atoms with Crippen molar-refractivity contribution in [2.45, 2.75) is 31.5 Å². The van der Waals surface area contributed by atoms with Gasteiger partial charge in [-0.1, -0.05) is 0 Å². The lowest BCUT2D eigenvalue weighted by Crippen LogP contribution is -2.48. The molecule has 0 spiro atoms. The molecule has 1 fully saturated rings. The monoisotopic (exact) mass is 288 g/mol. The molecule has 1 saturated heterocycles. The number of hydrogen-bond donors (Lipinski definition) is 1. The normalized spacial score (nSPS) is 24.1. The first kappa shape index (κ1) is 15.3. The third-order valence-electron chi connectivity index (χ3n) is 3.86. The van der Waals surface area contributed by atoms with Gasteiger partial charge in [0.05, 0.1) is 6.10 Å². The largest absolute Gasteiger partial charge is 0.381 e. The van der Waals surface area contributed by atoms with Crippen LogP contribution in [0, 0.1) is 17.5 Å². The Bertz CT molecular complexity index is 470. The van der Waals surface area contributed by atoms with Gasteiger partial charge < -0.3 is 10.5 Å². The van der Waals surface area contributed by atoms with E-state index in [1.165, 1.54) is 0 Å². The lowest BCUT2D eigenvalue weighted by Gasteiger charge is -2.38. The summed E-state index contributed by atoms with van der Waals surface area (Å²) in [6.07, 6.45) is 1.73. The molecule has 0 saturated carbocycles. The Labute approximate surface area is 116 Å². The predicted octanol–water partition coefficient (Wildman–Crippen LogP) is 2.04. The highest BCUT2D eigenvalue weighted by Crippen LogP contribution is 2.23. The van der Waals surface area contributed by atoms with Gasteiger partial charge in [-0.15, -0.1) is 0 Å². The smallest absolute Gasteiger partial charge is 0.161 e. The summed E-state index contributed by atoms with van der Waals surface area (Å²) in [6, 6.07) is 1.56. The summed E-state index contributed by atoms with van der Waals surface area (Å²) in [5.74, 6) is -2.93. The minimum atomic E-state index is -1.17. The number of likely N-dealkylation sites (tertiary alicyclic amines) is 1. The van der Waals surface area contributed by atoms with Gasteiger partial charge in [0, 0.05) is 44.4 Å². The Hall–Kier alpha value is -1.11. The molecule has 2 rings (SSSR count). The van der Waals surface area contributed by atoms with Crippen molar-refractivity contribution in [2.75, 3.05) is 20.2 Å². The van der Waals surface area contributed by atoms with Gasteiger partial charge in [0.25, 0.3) is 0 Å². The van der Waals surface area contributed by atoms with Crippen LogP contribution >= 0.6 is 0 Å². The number of hydrogen-bond acceptors (Lipinski definition) is 3. The second kappa shape index (κ2) is 6.56. The number of nitrogens with two attached hydrogens (primary N) is 1. The maximum atomic E-state index is 13.7. The van der Waals surface area contributed by atoms with Gasteiger partial charge in [-0.3, -0.25) is 4.90 Å². The second-order valence-electron chi connectivity index (χ2n) is 5.10. The highest BCUT2D eigenvalue weighted by Gasteiger charge is 2.28. The Morgan fingerprint density at radius 3 is 2.60 bits per heavy atom. The Kier molecular flexibility index (Phi) is 5.01. The van der Waals surface area contributed by atoms with Gasteiger partial charge in [0.15, 0.2) is 11.6 Å². The molecule has 3 nitrogen and oxygen atoms in total. The second-order valence-corrected chi connectivity index (χ2v) is 5.10. The van der Waals surface area contributed by atoms with Crippen LogP contribution in [0.15, 0.2) is 12.1 Å². The van der Waals surface area contributed by atoms with Crippen LogP contribution in [0.5, 0.6) is 0 Å². The molecular weight excluding hydrogens is 269 g/mol. The van der Waals surface area contributed by atoms with Crippen LogP contribution in [0.2, 0.25) is 0 Å². The molecule has 1 aliphatic rings. The lowest BCUT2D eigenvalue weighted by atomic mass is 9.98. The Balaban J connectivity index is 2.11. The fraction of sp³-hybridized carbons (Fsp3) is 0.571. The maximum Gasteiger partial charge on any atom is 0.161 e. The quantitative estimate of drug-likeness (QED) is 0.862. The molecule has 2 unspecified atom stereocenters. The van der Waals surface area contributed by atoms with E-state index in [2.05, 4.69) is 0 Å². The van der Waals surface area contributed by atoms with Crippen LogP contribution in [0.1, 0.15) is 18.4 Å². The van der Waals surface area contributed by atoms with Crippen molar-refractivity contribution in [3.63, 3.8) is 0 Å². The number of benzene rings is 1. The van der Waals surface area contributed by atoms with Gasteiger partial charge in [-0.2, -0.15) is 0 Å². The highest BCUT2D eigenvalue weighted by molar-refractivity contribution is 5.20. The number of ether oxygens (including phenoxy) is 1. The van der Waals surface area contributed by atoms with Gasteiger partial charge in [-0.25, -0.2) is 13.2 Å². The molecule has 112 valence electrons. The lowest BCUT2D eigenvalue weighted by molar-refractivity contribution is 0.00983. The van der Waals surface area contributed by atoms with Gasteiger partial charge in [0.2, 0.25) is 0 Å². The van der Waals surface area contributed by atoms with Crippen LogP contribution in [-0.4, -0.2) is 37.2 Å². The number of nitrogens with zero attached hydrogens (tertiary/aromatic N) is 1. The molecule has 2 N–H and O–H groups in total. The number of piperidine rings is 1. The van der Waals surface area contributed by atoms with E-state index in [-0.39, 0.29) is 24.3 Å². The molecule has 6 heteroatoms. The molecule has 0 radical (unpaired) electrons. The van der Waals surface area contributed by atoms with Crippen LogP contribution in [-0.2, 0) is 11.3 Å². The van der Waals surface area contributed by atoms with E-state index in [4.69, 9.17) is 10.5 Å². The van der Waals surface area contributed by atoms with Crippen molar-refractivity contribution in [3.05, 3.63) is 35.1 Å². The first-order chi connectivity index (χ1) is 9.55. The van der Waals surface area contributed by atoms with E-state index in [0.29, 0.717) is 19.2 Å². The van der Waals surface area contributed by atoms with Crippen LogP contribution < -0.4 is 5.73 Å². The zero-order chi connectivity index (χ0) is 14.7. The SMILES string of the molecule is COC1CCN(Cc2cc(F)c(F)cc2F)C(CN)C1. The third-order valence-corrected chi connectivity index (χ3v) is 3.86. The molecule has 1 aliphatic heterocycles. The van der Waals surface area contributed by atoms with Crippen molar-refractivity contribution >= 4 is 0 Å². The molecule has 0 bridgehead atoms. The van der Waals surface area contributed by atoms with Crippen molar-refractivity contribution in [2.24, 2.45) is 5.73 Å². The fourth-order valence-electron chi connectivity index (χ4n) is 2.63. The molecule has 2 atom stereocenters. The van der Waals surface area contributed by atoms with E-state index in [1.807, 2.05) is 4.90 Å². The highest BCUT2D eigenvalue weighted by atomic mass is 19.2. The first-order valence-electron chi connectivity index (χ1n) is 6.65. The molecule has 0 aliphatic carbocycles. The summed E-state index contributed by atoms with van der Waals surface area (Å²) in [5.41, 5.74) is 5.88. The minimum Gasteiger partial charge on any atom is -0.381 e. The van der Waals surface area contributed by atoms with E-state index >= 15 is 0 Å².